The van der Waals surface area contributed by atoms with E-state index in [1.807, 2.05) is 48.5 Å². The smallest absolute Gasteiger partial charge is 0.331 e. The molecule has 8 nitrogen and oxygen atoms in total. The van der Waals surface area contributed by atoms with Crippen molar-refractivity contribution in [1.82, 2.24) is 5.32 Å². The number of hydrogen-bond acceptors (Lipinski definition) is 6. The standard InChI is InChI=1S/C21H24N2O6/c22-17(11-19(24)25)20(26)23-18(14-28-12-15-7-3-1-4-8-15)21(27)29-13-16-9-5-2-6-10-16/h1-10,17-18H,11-14,22H2,(H,23,26)(H,24,25)/t17-,18-/m0/s1. The summed E-state index contributed by atoms with van der Waals surface area (Å²) in [5.74, 6) is -2.67. The number of carbonyl (C=O) groups excluding carboxylic acids is 2. The number of aliphatic carboxylic acids is 1. The van der Waals surface area contributed by atoms with Crippen LogP contribution in [0.4, 0.5) is 0 Å². The maximum Gasteiger partial charge on any atom is 0.331 e. The molecular formula is C21H24N2O6. The van der Waals surface area contributed by atoms with Crippen LogP contribution in [0.25, 0.3) is 0 Å². The van der Waals surface area contributed by atoms with E-state index in [1.54, 1.807) is 12.1 Å². The number of nitrogens with two attached hydrogens (primary N) is 1. The van der Waals surface area contributed by atoms with Crippen molar-refractivity contribution in [3.8, 4) is 0 Å². The van der Waals surface area contributed by atoms with Crippen molar-refractivity contribution in [2.24, 2.45) is 5.73 Å². The van der Waals surface area contributed by atoms with Crippen molar-refractivity contribution >= 4 is 17.8 Å². The average molecular weight is 400 g/mol. The predicted molar refractivity (Wildman–Crippen MR) is 104 cm³/mol. The Bertz CT molecular complexity index is 797. The summed E-state index contributed by atoms with van der Waals surface area (Å²) in [6.07, 6.45) is -0.553. The summed E-state index contributed by atoms with van der Waals surface area (Å²) < 4.78 is 10.8. The van der Waals surface area contributed by atoms with Crippen molar-refractivity contribution in [3.63, 3.8) is 0 Å². The van der Waals surface area contributed by atoms with Gasteiger partial charge in [-0.05, 0) is 11.1 Å². The average Bonchev–Trinajstić information content (AvgIpc) is 2.72. The summed E-state index contributed by atoms with van der Waals surface area (Å²) in [5, 5.41) is 11.2. The molecule has 2 aromatic carbocycles. The van der Waals surface area contributed by atoms with Gasteiger partial charge in [0.15, 0.2) is 6.04 Å². The molecule has 2 rings (SSSR count). The van der Waals surface area contributed by atoms with E-state index in [2.05, 4.69) is 5.32 Å². The van der Waals surface area contributed by atoms with E-state index in [-0.39, 0.29) is 19.8 Å². The molecule has 0 unspecified atom stereocenters. The van der Waals surface area contributed by atoms with Gasteiger partial charge in [0.2, 0.25) is 5.91 Å². The third-order valence-corrected chi connectivity index (χ3v) is 3.95. The first-order valence-electron chi connectivity index (χ1n) is 9.05. The van der Waals surface area contributed by atoms with Crippen molar-refractivity contribution in [3.05, 3.63) is 71.8 Å². The number of carboxylic acid groups (broad SMARTS) is 1. The van der Waals surface area contributed by atoms with Crippen molar-refractivity contribution < 1.29 is 29.0 Å². The number of rotatable bonds is 11. The molecule has 0 saturated carbocycles. The predicted octanol–water partition coefficient (Wildman–Crippen LogP) is 1.23. The van der Waals surface area contributed by atoms with E-state index < -0.39 is 36.4 Å². The molecule has 29 heavy (non-hydrogen) atoms. The summed E-state index contributed by atoms with van der Waals surface area (Å²) in [6.45, 7) is 0.125. The Morgan fingerprint density at radius 2 is 1.48 bits per heavy atom. The zero-order valence-corrected chi connectivity index (χ0v) is 15.8. The van der Waals surface area contributed by atoms with Crippen LogP contribution in [-0.4, -0.2) is 41.6 Å². The molecule has 1 amide bonds. The minimum atomic E-state index is -1.29. The molecule has 0 fully saturated rings. The largest absolute Gasteiger partial charge is 0.481 e. The fourth-order valence-corrected chi connectivity index (χ4v) is 2.43. The van der Waals surface area contributed by atoms with Crippen LogP contribution in [-0.2, 0) is 37.1 Å². The Morgan fingerprint density at radius 3 is 2.03 bits per heavy atom. The Hall–Kier alpha value is -3.23. The lowest BCUT2D eigenvalue weighted by Gasteiger charge is -2.19. The highest BCUT2D eigenvalue weighted by atomic mass is 16.5. The van der Waals surface area contributed by atoms with E-state index in [1.165, 1.54) is 0 Å². The lowest BCUT2D eigenvalue weighted by atomic mass is 10.2. The summed E-state index contributed by atoms with van der Waals surface area (Å²) in [7, 11) is 0. The molecule has 8 heteroatoms. The van der Waals surface area contributed by atoms with E-state index >= 15 is 0 Å². The quantitative estimate of drug-likeness (QED) is 0.484. The molecule has 0 aliphatic carbocycles. The van der Waals surface area contributed by atoms with E-state index in [9.17, 15) is 14.4 Å². The third-order valence-electron chi connectivity index (χ3n) is 3.95. The minimum Gasteiger partial charge on any atom is -0.481 e. The first-order valence-corrected chi connectivity index (χ1v) is 9.05. The van der Waals surface area contributed by atoms with Gasteiger partial charge >= 0.3 is 11.9 Å². The van der Waals surface area contributed by atoms with E-state index in [0.29, 0.717) is 0 Å². The zero-order chi connectivity index (χ0) is 21.1. The molecular weight excluding hydrogens is 376 g/mol. The van der Waals surface area contributed by atoms with Crippen LogP contribution in [0.5, 0.6) is 0 Å². The second-order valence-corrected chi connectivity index (χ2v) is 6.36. The SMILES string of the molecule is N[C@@H](CC(=O)O)C(=O)N[C@@H](COCc1ccccc1)C(=O)OCc1ccccc1. The monoisotopic (exact) mass is 400 g/mol. The van der Waals surface area contributed by atoms with Crippen LogP contribution in [0.15, 0.2) is 60.7 Å². The normalized spacial score (nSPS) is 12.6. The number of benzene rings is 2. The third kappa shape index (κ3) is 8.12. The van der Waals surface area contributed by atoms with Gasteiger partial charge < -0.3 is 25.6 Å². The van der Waals surface area contributed by atoms with Crippen LogP contribution in [0.1, 0.15) is 17.5 Å². The summed E-state index contributed by atoms with van der Waals surface area (Å²) in [6, 6.07) is 16.0. The Balaban J connectivity index is 1.95. The molecule has 0 aliphatic heterocycles. The van der Waals surface area contributed by atoms with Gasteiger partial charge in [0.1, 0.15) is 6.61 Å². The first-order chi connectivity index (χ1) is 14.0. The van der Waals surface area contributed by atoms with Crippen molar-refractivity contribution in [1.29, 1.82) is 0 Å². The Kier molecular flexibility index (Phi) is 8.81. The molecule has 0 spiro atoms. The lowest BCUT2D eigenvalue weighted by molar-refractivity contribution is -0.151. The topological polar surface area (TPSA) is 128 Å². The maximum atomic E-state index is 12.5. The van der Waals surface area contributed by atoms with Crippen LogP contribution in [0, 0.1) is 0 Å². The number of hydrogen-bond donors (Lipinski definition) is 3. The summed E-state index contributed by atoms with van der Waals surface area (Å²) >= 11 is 0. The summed E-state index contributed by atoms with van der Waals surface area (Å²) in [5.41, 5.74) is 7.26. The molecule has 2 atom stereocenters. The lowest BCUT2D eigenvalue weighted by Crippen LogP contribution is -2.51. The molecule has 0 radical (unpaired) electrons. The molecule has 0 bridgehead atoms. The molecule has 154 valence electrons. The van der Waals surface area contributed by atoms with Crippen LogP contribution in [0.3, 0.4) is 0 Å². The fourth-order valence-electron chi connectivity index (χ4n) is 2.43. The molecule has 0 aromatic heterocycles. The van der Waals surface area contributed by atoms with Gasteiger partial charge in [0, 0.05) is 0 Å². The number of amides is 1. The Morgan fingerprint density at radius 1 is 0.931 bits per heavy atom. The molecule has 0 heterocycles. The molecule has 0 saturated heterocycles. The van der Waals surface area contributed by atoms with E-state index in [0.717, 1.165) is 11.1 Å². The van der Waals surface area contributed by atoms with Gasteiger partial charge in [-0.25, -0.2) is 4.79 Å². The second-order valence-electron chi connectivity index (χ2n) is 6.36. The minimum absolute atomic E-state index is 0.0336. The molecule has 4 N–H and O–H groups in total. The number of ether oxygens (including phenoxy) is 2. The fraction of sp³-hybridized carbons (Fsp3) is 0.286. The number of esters is 1. The highest BCUT2D eigenvalue weighted by Crippen LogP contribution is 2.05. The zero-order valence-electron chi connectivity index (χ0n) is 15.8. The molecule has 2 aromatic rings. The van der Waals surface area contributed by atoms with Gasteiger partial charge in [0.05, 0.1) is 25.7 Å². The van der Waals surface area contributed by atoms with Gasteiger partial charge in [0.25, 0.3) is 0 Å². The maximum absolute atomic E-state index is 12.5. The van der Waals surface area contributed by atoms with Gasteiger partial charge in [-0.2, -0.15) is 0 Å². The van der Waals surface area contributed by atoms with Gasteiger partial charge in [-0.3, -0.25) is 9.59 Å². The van der Waals surface area contributed by atoms with Gasteiger partial charge in [-0.15, -0.1) is 0 Å². The number of carboxylic acids is 1. The van der Waals surface area contributed by atoms with Crippen LogP contribution >= 0.6 is 0 Å². The van der Waals surface area contributed by atoms with Gasteiger partial charge in [-0.1, -0.05) is 60.7 Å². The van der Waals surface area contributed by atoms with Crippen molar-refractivity contribution in [2.75, 3.05) is 6.61 Å². The summed E-state index contributed by atoms with van der Waals surface area (Å²) in [4.78, 5) is 35.3. The first kappa shape index (κ1) is 22.1. The number of carbonyl (C=O) groups is 3. The van der Waals surface area contributed by atoms with Crippen LogP contribution < -0.4 is 11.1 Å². The highest BCUT2D eigenvalue weighted by molar-refractivity contribution is 5.89. The highest BCUT2D eigenvalue weighted by Gasteiger charge is 2.26. The van der Waals surface area contributed by atoms with Crippen molar-refractivity contribution in [2.45, 2.75) is 31.7 Å². The number of nitrogens with one attached hydrogen (secondary N) is 1. The molecule has 0 aliphatic rings. The Labute approximate surface area is 168 Å². The van der Waals surface area contributed by atoms with Crippen LogP contribution in [0.2, 0.25) is 0 Å². The second kappa shape index (κ2) is 11.6. The van der Waals surface area contributed by atoms with E-state index in [4.69, 9.17) is 20.3 Å².